The molecule has 0 fully saturated rings. The Hall–Kier alpha value is -2.01. The summed E-state index contributed by atoms with van der Waals surface area (Å²) in [5.74, 6) is -1.09. The molecule has 0 spiro atoms. The summed E-state index contributed by atoms with van der Waals surface area (Å²) in [7, 11) is 0. The number of nitrogens with zero attached hydrogens (tertiary/aromatic N) is 1. The van der Waals surface area contributed by atoms with Crippen molar-refractivity contribution in [2.45, 2.75) is 5.37 Å². The van der Waals surface area contributed by atoms with Crippen LogP contribution < -0.4 is 0 Å². The number of rotatable bonds is 4. The van der Waals surface area contributed by atoms with Gasteiger partial charge in [0, 0.05) is 11.8 Å². The van der Waals surface area contributed by atoms with Gasteiger partial charge in [-0.2, -0.15) is 12.6 Å². The van der Waals surface area contributed by atoms with Crippen molar-refractivity contribution in [1.29, 1.82) is 0 Å². The lowest BCUT2D eigenvalue weighted by Gasteiger charge is -2.27. The molecule has 1 aromatic carbocycles. The van der Waals surface area contributed by atoms with Crippen LogP contribution in [0.15, 0.2) is 54.3 Å². The zero-order chi connectivity index (χ0) is 13.8. The topological polar surface area (TPSA) is 57.6 Å². The Bertz CT molecular complexity index is 551. The molecule has 1 N–H and O–H groups in total. The van der Waals surface area contributed by atoms with Crippen LogP contribution in [0.2, 0.25) is 0 Å². The first kappa shape index (κ1) is 13.4. The molecule has 1 atom stereocenters. The molecule has 1 aliphatic heterocycles. The monoisotopic (exact) mass is 275 g/mol. The van der Waals surface area contributed by atoms with E-state index in [1.807, 2.05) is 6.07 Å². The maximum atomic E-state index is 12.1. The van der Waals surface area contributed by atoms with E-state index < -0.39 is 5.97 Å². The number of hydrogen-bond donors (Lipinski definition) is 2. The number of carbonyl (C=O) groups is 2. The first-order chi connectivity index (χ1) is 9.08. The standard InChI is InChI=1S/C14H13NO3S/c16-12(10-4-2-1-3-5-10)9-15-8-11(14(17)18)6-7-13(15)19/h1-8,13,19H,9H2,(H,17,18). The van der Waals surface area contributed by atoms with E-state index in [9.17, 15) is 9.59 Å². The second-order valence-electron chi connectivity index (χ2n) is 4.12. The number of thiol groups is 1. The van der Waals surface area contributed by atoms with Gasteiger partial charge in [0.2, 0.25) is 0 Å². The number of carbonyl (C=O) groups excluding carboxylic acids is 1. The fraction of sp³-hybridized carbons (Fsp3) is 0.143. The predicted molar refractivity (Wildman–Crippen MR) is 75.1 cm³/mol. The van der Waals surface area contributed by atoms with Crippen LogP contribution in [0.25, 0.3) is 0 Å². The van der Waals surface area contributed by atoms with Crippen LogP contribution in [-0.4, -0.2) is 33.7 Å². The highest BCUT2D eigenvalue weighted by molar-refractivity contribution is 7.81. The molecule has 98 valence electrons. The van der Waals surface area contributed by atoms with Crippen molar-refractivity contribution in [3.05, 3.63) is 59.8 Å². The van der Waals surface area contributed by atoms with E-state index in [1.165, 1.54) is 12.3 Å². The molecule has 0 bridgehead atoms. The third-order valence-electron chi connectivity index (χ3n) is 2.76. The fourth-order valence-corrected chi connectivity index (χ4v) is 1.98. The van der Waals surface area contributed by atoms with Crippen molar-refractivity contribution in [2.24, 2.45) is 0 Å². The molecule has 0 amide bonds. The molecule has 0 aliphatic carbocycles. The second kappa shape index (κ2) is 5.75. The number of ketones is 1. The minimum Gasteiger partial charge on any atom is -0.478 e. The molecule has 1 heterocycles. The smallest absolute Gasteiger partial charge is 0.337 e. The van der Waals surface area contributed by atoms with Crippen LogP contribution in [-0.2, 0) is 4.79 Å². The van der Waals surface area contributed by atoms with Crippen LogP contribution in [0.3, 0.4) is 0 Å². The van der Waals surface area contributed by atoms with Gasteiger partial charge in [0.15, 0.2) is 5.78 Å². The highest BCUT2D eigenvalue weighted by Gasteiger charge is 2.19. The molecule has 1 aliphatic rings. The van der Waals surface area contributed by atoms with Gasteiger partial charge in [-0.3, -0.25) is 4.79 Å². The highest BCUT2D eigenvalue weighted by atomic mass is 32.1. The van der Waals surface area contributed by atoms with Crippen LogP contribution in [0.4, 0.5) is 0 Å². The maximum Gasteiger partial charge on any atom is 0.337 e. The summed E-state index contributed by atoms with van der Waals surface area (Å²) in [5, 5.41) is 8.64. The van der Waals surface area contributed by atoms with E-state index in [2.05, 4.69) is 12.6 Å². The lowest BCUT2D eigenvalue weighted by Crippen LogP contribution is -2.33. The Morgan fingerprint density at radius 1 is 1.26 bits per heavy atom. The zero-order valence-corrected chi connectivity index (χ0v) is 11.0. The number of aliphatic carboxylic acids is 1. The van der Waals surface area contributed by atoms with Gasteiger partial charge < -0.3 is 10.0 Å². The Morgan fingerprint density at radius 2 is 1.95 bits per heavy atom. The van der Waals surface area contributed by atoms with Gasteiger partial charge in [0.25, 0.3) is 0 Å². The number of carboxylic acids is 1. The van der Waals surface area contributed by atoms with E-state index in [4.69, 9.17) is 5.11 Å². The van der Waals surface area contributed by atoms with Crippen molar-refractivity contribution in [2.75, 3.05) is 6.54 Å². The molecule has 0 aromatic heterocycles. The summed E-state index contributed by atoms with van der Waals surface area (Å²) in [5.41, 5.74) is 0.744. The van der Waals surface area contributed by atoms with Gasteiger partial charge in [-0.05, 0) is 6.08 Å². The van der Waals surface area contributed by atoms with Crippen molar-refractivity contribution >= 4 is 24.4 Å². The van der Waals surface area contributed by atoms with Crippen molar-refractivity contribution in [1.82, 2.24) is 4.90 Å². The first-order valence-electron chi connectivity index (χ1n) is 5.73. The number of carboxylic acid groups (broad SMARTS) is 1. The summed E-state index contributed by atoms with van der Waals surface area (Å²) in [4.78, 5) is 24.6. The minimum atomic E-state index is -1.02. The largest absolute Gasteiger partial charge is 0.478 e. The lowest BCUT2D eigenvalue weighted by atomic mass is 10.1. The van der Waals surface area contributed by atoms with Crippen molar-refractivity contribution in [3.63, 3.8) is 0 Å². The van der Waals surface area contributed by atoms with Gasteiger partial charge in [-0.15, -0.1) is 0 Å². The van der Waals surface area contributed by atoms with Gasteiger partial charge in [-0.1, -0.05) is 36.4 Å². The first-order valence-corrected chi connectivity index (χ1v) is 6.25. The summed E-state index contributed by atoms with van der Waals surface area (Å²) in [6.07, 6.45) is 4.58. The van der Waals surface area contributed by atoms with Gasteiger partial charge in [-0.25, -0.2) is 4.79 Å². The Morgan fingerprint density at radius 3 is 2.58 bits per heavy atom. The molecular formula is C14H13NO3S. The summed E-state index contributed by atoms with van der Waals surface area (Å²) < 4.78 is 0. The van der Waals surface area contributed by atoms with Gasteiger partial charge >= 0.3 is 5.97 Å². The van der Waals surface area contributed by atoms with Crippen LogP contribution in [0, 0.1) is 0 Å². The molecule has 0 saturated carbocycles. The molecule has 4 nitrogen and oxygen atoms in total. The summed E-state index contributed by atoms with van der Waals surface area (Å²) in [6.45, 7) is 0.0965. The molecule has 1 aromatic rings. The molecule has 1 unspecified atom stereocenters. The normalized spacial score (nSPS) is 18.1. The van der Waals surface area contributed by atoms with E-state index >= 15 is 0 Å². The number of hydrogen-bond acceptors (Lipinski definition) is 4. The van der Waals surface area contributed by atoms with E-state index in [-0.39, 0.29) is 23.3 Å². The number of Topliss-reactive ketones (excluding diaryl/α,β-unsaturated/α-hetero) is 1. The summed E-state index contributed by atoms with van der Waals surface area (Å²) >= 11 is 4.30. The van der Waals surface area contributed by atoms with Crippen LogP contribution >= 0.6 is 12.6 Å². The fourth-order valence-electron chi connectivity index (χ4n) is 1.75. The Balaban J connectivity index is 2.12. The quantitative estimate of drug-likeness (QED) is 0.651. The predicted octanol–water partition coefficient (Wildman–Crippen LogP) is 1.97. The van der Waals surface area contributed by atoms with Gasteiger partial charge in [0.05, 0.1) is 17.5 Å². The molecule has 0 saturated heterocycles. The molecule has 0 radical (unpaired) electrons. The molecule has 19 heavy (non-hydrogen) atoms. The average Bonchev–Trinajstić information content (AvgIpc) is 2.42. The number of benzene rings is 1. The molecular weight excluding hydrogens is 262 g/mol. The third-order valence-corrected chi connectivity index (χ3v) is 3.23. The zero-order valence-electron chi connectivity index (χ0n) is 10.1. The Kier molecular flexibility index (Phi) is 4.06. The molecule has 5 heteroatoms. The van der Waals surface area contributed by atoms with E-state index in [0.717, 1.165) is 0 Å². The third kappa shape index (κ3) is 3.26. The van der Waals surface area contributed by atoms with E-state index in [1.54, 1.807) is 35.2 Å². The van der Waals surface area contributed by atoms with Gasteiger partial charge in [0.1, 0.15) is 0 Å². The molecule has 2 rings (SSSR count). The van der Waals surface area contributed by atoms with Crippen molar-refractivity contribution < 1.29 is 14.7 Å². The average molecular weight is 275 g/mol. The van der Waals surface area contributed by atoms with Crippen LogP contribution in [0.5, 0.6) is 0 Å². The van der Waals surface area contributed by atoms with Crippen molar-refractivity contribution in [3.8, 4) is 0 Å². The lowest BCUT2D eigenvalue weighted by molar-refractivity contribution is -0.132. The maximum absolute atomic E-state index is 12.1. The minimum absolute atomic E-state index is 0.0732. The van der Waals surface area contributed by atoms with Crippen LogP contribution in [0.1, 0.15) is 10.4 Å². The van der Waals surface area contributed by atoms with E-state index in [0.29, 0.717) is 5.56 Å². The second-order valence-corrected chi connectivity index (χ2v) is 4.65. The SMILES string of the molecule is O=C(O)C1=CN(CC(=O)c2ccccc2)C(S)C=C1. The highest BCUT2D eigenvalue weighted by Crippen LogP contribution is 2.17. The summed E-state index contributed by atoms with van der Waals surface area (Å²) in [6, 6.07) is 8.89. The Labute approximate surface area is 116 Å².